The summed E-state index contributed by atoms with van der Waals surface area (Å²) in [6.07, 6.45) is 5.28. The van der Waals surface area contributed by atoms with Crippen LogP contribution in [-0.4, -0.2) is 43.8 Å². The van der Waals surface area contributed by atoms with Gasteiger partial charge in [0.25, 0.3) is 10.0 Å². The third-order valence-electron chi connectivity index (χ3n) is 8.74. The number of nitrogens with one attached hydrogen (secondary N) is 1. The summed E-state index contributed by atoms with van der Waals surface area (Å²) in [6, 6.07) is 29.6. The molecule has 0 heterocycles. The number of carbonyl (C=O) groups is 2. The Morgan fingerprint density at radius 1 is 0.830 bits per heavy atom. The molecule has 0 bridgehead atoms. The van der Waals surface area contributed by atoms with Crippen LogP contribution in [-0.2, 0) is 32.6 Å². The highest BCUT2D eigenvalue weighted by molar-refractivity contribution is 7.92. The highest BCUT2D eigenvalue weighted by atomic mass is 35.5. The molecule has 5 rings (SSSR count). The molecule has 0 radical (unpaired) electrons. The van der Waals surface area contributed by atoms with Crippen LogP contribution in [0, 0.1) is 13.8 Å². The molecule has 0 saturated heterocycles. The van der Waals surface area contributed by atoms with Crippen LogP contribution in [0.5, 0.6) is 0 Å². The summed E-state index contributed by atoms with van der Waals surface area (Å²) < 4.78 is 29.7. The first-order valence-electron chi connectivity index (χ1n) is 16.1. The number of nitrogens with zero attached hydrogens (tertiary/aromatic N) is 2. The number of hydrogen-bond donors (Lipinski definition) is 1. The van der Waals surface area contributed by atoms with Crippen molar-refractivity contribution in [2.24, 2.45) is 0 Å². The number of hydrogen-bond acceptors (Lipinski definition) is 4. The lowest BCUT2D eigenvalue weighted by atomic mass is 9.94. The van der Waals surface area contributed by atoms with Crippen LogP contribution in [0.4, 0.5) is 5.69 Å². The largest absolute Gasteiger partial charge is 0.352 e. The second-order valence-corrected chi connectivity index (χ2v) is 14.6. The van der Waals surface area contributed by atoms with Crippen molar-refractivity contribution in [3.8, 4) is 0 Å². The van der Waals surface area contributed by atoms with Gasteiger partial charge < -0.3 is 10.2 Å². The predicted molar refractivity (Wildman–Crippen MR) is 188 cm³/mol. The lowest BCUT2D eigenvalue weighted by Gasteiger charge is -2.35. The van der Waals surface area contributed by atoms with E-state index in [1.807, 2.05) is 62.4 Å². The first-order chi connectivity index (χ1) is 22.6. The number of para-hydroxylation sites is 1. The number of anilines is 1. The molecule has 0 aliphatic heterocycles. The quantitative estimate of drug-likeness (QED) is 0.172. The van der Waals surface area contributed by atoms with Gasteiger partial charge in [0, 0.05) is 24.0 Å². The average molecular weight is 672 g/mol. The van der Waals surface area contributed by atoms with Gasteiger partial charge in [-0.25, -0.2) is 8.42 Å². The fourth-order valence-corrected chi connectivity index (χ4v) is 7.82. The van der Waals surface area contributed by atoms with Crippen LogP contribution in [0.1, 0.15) is 54.4 Å². The topological polar surface area (TPSA) is 86.8 Å². The van der Waals surface area contributed by atoms with Gasteiger partial charge in [0.2, 0.25) is 11.8 Å². The minimum Gasteiger partial charge on any atom is -0.352 e. The lowest BCUT2D eigenvalue weighted by molar-refractivity contribution is -0.140. The molecule has 1 N–H and O–H groups in total. The Balaban J connectivity index is 1.57. The third kappa shape index (κ3) is 8.82. The van der Waals surface area contributed by atoms with Crippen molar-refractivity contribution in [3.63, 3.8) is 0 Å². The van der Waals surface area contributed by atoms with Gasteiger partial charge in [-0.05, 0) is 73.7 Å². The van der Waals surface area contributed by atoms with Crippen LogP contribution < -0.4 is 9.62 Å². The fourth-order valence-electron chi connectivity index (χ4n) is 6.12. The first kappa shape index (κ1) is 34.2. The number of aryl methyl sites for hydroxylation is 2. The first-order valence-corrected chi connectivity index (χ1v) is 18.0. The van der Waals surface area contributed by atoms with Crippen LogP contribution in [0.2, 0.25) is 5.02 Å². The molecule has 7 nitrogen and oxygen atoms in total. The average Bonchev–Trinajstić information content (AvgIpc) is 3.06. The number of amides is 2. The summed E-state index contributed by atoms with van der Waals surface area (Å²) in [7, 11) is -4.16. The normalized spacial score (nSPS) is 14.3. The zero-order chi connectivity index (χ0) is 33.4. The Morgan fingerprint density at radius 2 is 1.49 bits per heavy atom. The van der Waals surface area contributed by atoms with Gasteiger partial charge in [0.05, 0.1) is 10.6 Å². The minimum atomic E-state index is -4.16. The molecule has 4 aromatic carbocycles. The van der Waals surface area contributed by atoms with Gasteiger partial charge >= 0.3 is 0 Å². The molecule has 0 spiro atoms. The predicted octanol–water partition coefficient (Wildman–Crippen LogP) is 7.24. The Hall–Kier alpha value is -4.14. The molecule has 246 valence electrons. The van der Waals surface area contributed by atoms with Gasteiger partial charge in [-0.3, -0.25) is 13.9 Å². The maximum absolute atomic E-state index is 14.7. The molecule has 1 saturated carbocycles. The molecule has 0 aromatic heterocycles. The van der Waals surface area contributed by atoms with E-state index >= 15 is 0 Å². The van der Waals surface area contributed by atoms with E-state index in [0.717, 1.165) is 48.8 Å². The molecule has 2 amide bonds. The fraction of sp³-hybridized carbons (Fsp3) is 0.316. The molecule has 1 unspecified atom stereocenters. The van der Waals surface area contributed by atoms with E-state index in [-0.39, 0.29) is 29.8 Å². The summed E-state index contributed by atoms with van der Waals surface area (Å²) in [6.45, 7) is 3.28. The summed E-state index contributed by atoms with van der Waals surface area (Å²) in [5, 5.41) is 3.74. The SMILES string of the molecule is Cc1ccc(S(=O)(=O)N(CC(=O)N(Cc2cccc(Cl)c2)C(Cc2ccccc2)C(=O)NC2CCCCC2)c2ccccc2C)cc1. The molecule has 47 heavy (non-hydrogen) atoms. The van der Waals surface area contributed by atoms with Gasteiger partial charge in [-0.1, -0.05) is 109 Å². The maximum atomic E-state index is 14.7. The van der Waals surface area contributed by atoms with Crippen LogP contribution in [0.15, 0.2) is 108 Å². The molecular formula is C38H42ClN3O4S. The van der Waals surface area contributed by atoms with E-state index in [2.05, 4.69) is 5.32 Å². The standard InChI is InChI=1S/C38H42ClN3O4S/c1-28-20-22-34(23-21-28)47(45,46)42(35-19-10-9-12-29(35)2)27-37(43)41(26-31-15-11-16-32(39)24-31)36(25-30-13-5-3-6-14-30)38(44)40-33-17-7-4-8-18-33/h3,5-6,9-16,19-24,33,36H,4,7-8,17-18,25-27H2,1-2H3,(H,40,44). The Morgan fingerprint density at radius 3 is 2.17 bits per heavy atom. The monoisotopic (exact) mass is 671 g/mol. The number of carbonyl (C=O) groups excluding carboxylic acids is 2. The van der Waals surface area contributed by atoms with E-state index in [1.54, 1.807) is 54.6 Å². The minimum absolute atomic E-state index is 0.0306. The second-order valence-electron chi connectivity index (χ2n) is 12.3. The Bertz CT molecular complexity index is 1770. The zero-order valence-electron chi connectivity index (χ0n) is 26.9. The van der Waals surface area contributed by atoms with E-state index in [1.165, 1.54) is 9.21 Å². The van der Waals surface area contributed by atoms with E-state index in [9.17, 15) is 18.0 Å². The maximum Gasteiger partial charge on any atom is 0.264 e. The van der Waals surface area contributed by atoms with Crippen molar-refractivity contribution >= 4 is 39.1 Å². The van der Waals surface area contributed by atoms with Gasteiger partial charge in [0.1, 0.15) is 12.6 Å². The summed E-state index contributed by atoms with van der Waals surface area (Å²) in [4.78, 5) is 30.5. The van der Waals surface area contributed by atoms with E-state index in [4.69, 9.17) is 11.6 Å². The van der Waals surface area contributed by atoms with Gasteiger partial charge in [-0.15, -0.1) is 0 Å². The van der Waals surface area contributed by atoms with Crippen molar-refractivity contribution in [2.75, 3.05) is 10.8 Å². The number of halogens is 1. The van der Waals surface area contributed by atoms with E-state index < -0.39 is 28.5 Å². The smallest absolute Gasteiger partial charge is 0.264 e. The van der Waals surface area contributed by atoms with Gasteiger partial charge in [-0.2, -0.15) is 0 Å². The van der Waals surface area contributed by atoms with Crippen molar-refractivity contribution in [2.45, 2.75) is 75.9 Å². The summed E-state index contributed by atoms with van der Waals surface area (Å²) in [5.74, 6) is -0.747. The lowest BCUT2D eigenvalue weighted by Crippen LogP contribution is -2.55. The summed E-state index contributed by atoms with van der Waals surface area (Å²) >= 11 is 6.36. The Labute approximate surface area is 283 Å². The van der Waals surface area contributed by atoms with Crippen molar-refractivity contribution in [1.29, 1.82) is 0 Å². The molecular weight excluding hydrogens is 630 g/mol. The highest BCUT2D eigenvalue weighted by Gasteiger charge is 2.35. The molecule has 1 aliphatic carbocycles. The number of benzene rings is 4. The Kier molecular flexibility index (Phi) is 11.4. The van der Waals surface area contributed by atoms with E-state index in [0.29, 0.717) is 16.3 Å². The van der Waals surface area contributed by atoms with Crippen LogP contribution in [0.25, 0.3) is 0 Å². The molecule has 4 aromatic rings. The third-order valence-corrected chi connectivity index (χ3v) is 10.7. The number of sulfonamides is 1. The highest BCUT2D eigenvalue weighted by Crippen LogP contribution is 2.28. The molecule has 1 fully saturated rings. The van der Waals surface area contributed by atoms with Crippen molar-refractivity contribution in [3.05, 3.63) is 130 Å². The van der Waals surface area contributed by atoms with Crippen molar-refractivity contribution < 1.29 is 18.0 Å². The molecule has 1 aliphatic rings. The summed E-state index contributed by atoms with van der Waals surface area (Å²) in [5.41, 5.74) is 3.65. The van der Waals surface area contributed by atoms with Crippen LogP contribution in [0.3, 0.4) is 0 Å². The number of rotatable bonds is 12. The van der Waals surface area contributed by atoms with Crippen molar-refractivity contribution in [1.82, 2.24) is 10.2 Å². The molecule has 1 atom stereocenters. The zero-order valence-corrected chi connectivity index (χ0v) is 28.5. The van der Waals surface area contributed by atoms with Crippen LogP contribution >= 0.6 is 11.6 Å². The molecule has 9 heteroatoms. The second kappa shape index (κ2) is 15.6. The van der Waals surface area contributed by atoms with Gasteiger partial charge in [0.15, 0.2) is 0 Å².